The molecule has 3 heterocycles. The van der Waals surface area contributed by atoms with Crippen molar-refractivity contribution in [2.24, 2.45) is 5.92 Å². The number of nitriles is 1. The number of nitrogens with zero attached hydrogens (tertiary/aromatic N) is 3. The molecular formula is C23H21N5O3. The van der Waals surface area contributed by atoms with Crippen LogP contribution in [-0.4, -0.2) is 29.9 Å². The van der Waals surface area contributed by atoms with Crippen molar-refractivity contribution in [2.45, 2.75) is 12.8 Å². The van der Waals surface area contributed by atoms with Crippen LogP contribution in [0.3, 0.4) is 0 Å². The topological polar surface area (TPSA) is 111 Å². The van der Waals surface area contributed by atoms with Crippen LogP contribution in [0.4, 0.5) is 17.2 Å². The maximum atomic E-state index is 12.7. The number of rotatable bonds is 5. The van der Waals surface area contributed by atoms with Crippen LogP contribution in [0.1, 0.15) is 29.0 Å². The van der Waals surface area contributed by atoms with Gasteiger partial charge in [0.05, 0.1) is 11.8 Å². The van der Waals surface area contributed by atoms with Crippen molar-refractivity contribution in [3.05, 3.63) is 72.3 Å². The molecule has 1 aliphatic rings. The highest BCUT2D eigenvalue weighted by atomic mass is 16.3. The number of hydrogen-bond acceptors (Lipinski definition) is 6. The largest absolute Gasteiger partial charge is 0.459 e. The van der Waals surface area contributed by atoms with E-state index in [9.17, 15) is 9.59 Å². The van der Waals surface area contributed by atoms with Crippen molar-refractivity contribution in [1.29, 1.82) is 5.26 Å². The van der Waals surface area contributed by atoms with Crippen molar-refractivity contribution >= 4 is 29.0 Å². The number of amides is 2. The zero-order chi connectivity index (χ0) is 21.6. The number of nitrogens with one attached hydrogen (secondary N) is 2. The van der Waals surface area contributed by atoms with Crippen LogP contribution in [0.25, 0.3) is 0 Å². The fraction of sp³-hybridized carbons (Fsp3) is 0.217. The SMILES string of the molecule is N#Cc1ccc(N2CCC(C(=O)Nc3cccc(NC(=O)c4ccco4)c3)CC2)nc1. The summed E-state index contributed by atoms with van der Waals surface area (Å²) in [6, 6.07) is 15.9. The fourth-order valence-electron chi connectivity index (χ4n) is 3.53. The van der Waals surface area contributed by atoms with Gasteiger partial charge in [-0.2, -0.15) is 5.26 Å². The molecule has 0 radical (unpaired) electrons. The first kappa shape index (κ1) is 20.2. The standard InChI is InChI=1S/C23H21N5O3/c24-14-16-6-7-21(25-15-16)28-10-8-17(9-11-28)22(29)26-18-3-1-4-19(13-18)27-23(30)20-5-2-12-31-20/h1-7,12-13,15,17H,8-11H2,(H,26,29)(H,27,30). The Morgan fingerprint density at radius 1 is 1.06 bits per heavy atom. The average Bonchev–Trinajstić information content (AvgIpc) is 3.35. The van der Waals surface area contributed by atoms with Crippen molar-refractivity contribution in [1.82, 2.24) is 4.98 Å². The molecule has 31 heavy (non-hydrogen) atoms. The van der Waals surface area contributed by atoms with Gasteiger partial charge in [-0.3, -0.25) is 9.59 Å². The van der Waals surface area contributed by atoms with E-state index in [1.807, 2.05) is 6.07 Å². The summed E-state index contributed by atoms with van der Waals surface area (Å²) in [4.78, 5) is 31.3. The molecule has 2 amide bonds. The monoisotopic (exact) mass is 415 g/mol. The number of piperidine rings is 1. The Morgan fingerprint density at radius 2 is 1.84 bits per heavy atom. The maximum Gasteiger partial charge on any atom is 0.291 e. The molecule has 0 unspecified atom stereocenters. The molecule has 0 spiro atoms. The Morgan fingerprint density at radius 3 is 2.48 bits per heavy atom. The summed E-state index contributed by atoms with van der Waals surface area (Å²) in [6.45, 7) is 1.44. The van der Waals surface area contributed by atoms with E-state index in [0.717, 1.165) is 18.9 Å². The Labute approximate surface area is 179 Å². The molecular weight excluding hydrogens is 394 g/mol. The molecule has 8 nitrogen and oxygen atoms in total. The quantitative estimate of drug-likeness (QED) is 0.658. The number of aromatic nitrogens is 1. The summed E-state index contributed by atoms with van der Waals surface area (Å²) in [5, 5.41) is 14.6. The summed E-state index contributed by atoms with van der Waals surface area (Å²) < 4.78 is 5.09. The van der Waals surface area contributed by atoms with E-state index in [-0.39, 0.29) is 23.5 Å². The summed E-state index contributed by atoms with van der Waals surface area (Å²) in [7, 11) is 0. The summed E-state index contributed by atoms with van der Waals surface area (Å²) in [6.07, 6.45) is 4.42. The second-order valence-electron chi connectivity index (χ2n) is 7.28. The first-order valence-corrected chi connectivity index (χ1v) is 9.99. The Bertz CT molecular complexity index is 1090. The Hall–Kier alpha value is -4.12. The number of carbonyl (C=O) groups is 2. The second-order valence-corrected chi connectivity index (χ2v) is 7.28. The first-order valence-electron chi connectivity index (χ1n) is 9.99. The summed E-state index contributed by atoms with van der Waals surface area (Å²) in [5.74, 6) is 0.547. The second kappa shape index (κ2) is 9.13. The van der Waals surface area contributed by atoms with Crippen molar-refractivity contribution in [2.75, 3.05) is 28.6 Å². The molecule has 156 valence electrons. The third-order valence-corrected chi connectivity index (χ3v) is 5.20. The average molecular weight is 415 g/mol. The van der Waals surface area contributed by atoms with Crippen molar-refractivity contribution < 1.29 is 14.0 Å². The van der Waals surface area contributed by atoms with Gasteiger partial charge >= 0.3 is 0 Å². The summed E-state index contributed by atoms with van der Waals surface area (Å²) in [5.41, 5.74) is 1.72. The molecule has 1 fully saturated rings. The minimum atomic E-state index is -0.350. The molecule has 0 aliphatic carbocycles. The highest BCUT2D eigenvalue weighted by molar-refractivity contribution is 6.02. The maximum absolute atomic E-state index is 12.7. The molecule has 1 aliphatic heterocycles. The molecule has 0 saturated carbocycles. The van der Waals surface area contributed by atoms with E-state index in [2.05, 4.69) is 26.6 Å². The van der Waals surface area contributed by atoms with Crippen LogP contribution in [0, 0.1) is 17.2 Å². The number of hydrogen-bond donors (Lipinski definition) is 2. The zero-order valence-electron chi connectivity index (χ0n) is 16.7. The molecule has 0 bridgehead atoms. The van der Waals surface area contributed by atoms with Gasteiger partial charge < -0.3 is 20.0 Å². The predicted octanol–water partition coefficient (Wildman–Crippen LogP) is 3.65. The molecule has 2 N–H and O–H groups in total. The van der Waals surface area contributed by atoms with E-state index < -0.39 is 0 Å². The molecule has 2 aromatic heterocycles. The van der Waals surface area contributed by atoms with Gasteiger partial charge in [-0.25, -0.2) is 4.98 Å². The van der Waals surface area contributed by atoms with Gasteiger partial charge in [0, 0.05) is 36.6 Å². The van der Waals surface area contributed by atoms with Gasteiger partial charge in [0.1, 0.15) is 11.9 Å². The number of carbonyl (C=O) groups excluding carboxylic acids is 2. The zero-order valence-corrected chi connectivity index (χ0v) is 16.7. The van der Waals surface area contributed by atoms with Gasteiger partial charge in [-0.1, -0.05) is 6.07 Å². The molecule has 3 aromatic rings. The van der Waals surface area contributed by atoms with E-state index in [1.165, 1.54) is 6.26 Å². The van der Waals surface area contributed by atoms with Crippen molar-refractivity contribution in [3.63, 3.8) is 0 Å². The number of furan rings is 1. The Balaban J connectivity index is 1.31. The lowest BCUT2D eigenvalue weighted by Gasteiger charge is -2.32. The van der Waals surface area contributed by atoms with Crippen LogP contribution >= 0.6 is 0 Å². The number of anilines is 3. The van der Waals surface area contributed by atoms with E-state index >= 15 is 0 Å². The van der Waals surface area contributed by atoms with Gasteiger partial charge in [-0.05, 0) is 55.3 Å². The smallest absolute Gasteiger partial charge is 0.291 e. The van der Waals surface area contributed by atoms with Crippen LogP contribution in [0.15, 0.2) is 65.4 Å². The third-order valence-electron chi connectivity index (χ3n) is 5.20. The van der Waals surface area contributed by atoms with Gasteiger partial charge in [-0.15, -0.1) is 0 Å². The Kier molecular flexibility index (Phi) is 5.94. The highest BCUT2D eigenvalue weighted by Crippen LogP contribution is 2.24. The molecule has 0 atom stereocenters. The lowest BCUT2D eigenvalue weighted by atomic mass is 9.95. The summed E-state index contributed by atoms with van der Waals surface area (Å²) >= 11 is 0. The van der Waals surface area contributed by atoms with Crippen molar-refractivity contribution in [3.8, 4) is 6.07 Å². The molecule has 1 aromatic carbocycles. The van der Waals surface area contributed by atoms with Crippen LogP contribution in [-0.2, 0) is 4.79 Å². The highest BCUT2D eigenvalue weighted by Gasteiger charge is 2.25. The van der Waals surface area contributed by atoms with E-state index in [0.29, 0.717) is 29.8 Å². The van der Waals surface area contributed by atoms with Crippen LogP contribution in [0.5, 0.6) is 0 Å². The van der Waals surface area contributed by atoms with E-state index in [1.54, 1.807) is 48.7 Å². The lowest BCUT2D eigenvalue weighted by Crippen LogP contribution is -2.38. The lowest BCUT2D eigenvalue weighted by molar-refractivity contribution is -0.120. The van der Waals surface area contributed by atoms with Crippen LogP contribution in [0.2, 0.25) is 0 Å². The minimum Gasteiger partial charge on any atom is -0.459 e. The third kappa shape index (κ3) is 4.90. The normalized spacial score (nSPS) is 14.0. The minimum absolute atomic E-state index is 0.0399. The number of pyridine rings is 1. The molecule has 8 heteroatoms. The number of benzene rings is 1. The fourth-order valence-corrected chi connectivity index (χ4v) is 3.53. The van der Waals surface area contributed by atoms with Gasteiger partial charge in [0.15, 0.2) is 5.76 Å². The molecule has 4 rings (SSSR count). The van der Waals surface area contributed by atoms with Gasteiger partial charge in [0.25, 0.3) is 5.91 Å². The molecule has 1 saturated heterocycles. The van der Waals surface area contributed by atoms with E-state index in [4.69, 9.17) is 9.68 Å². The first-order chi connectivity index (χ1) is 15.1. The van der Waals surface area contributed by atoms with Crippen LogP contribution < -0.4 is 15.5 Å². The predicted molar refractivity (Wildman–Crippen MR) is 116 cm³/mol. The van der Waals surface area contributed by atoms with Gasteiger partial charge in [0.2, 0.25) is 5.91 Å².